The number of amides is 1. The van der Waals surface area contributed by atoms with Gasteiger partial charge in [0.1, 0.15) is 0 Å². The Morgan fingerprint density at radius 1 is 1.32 bits per heavy atom. The lowest BCUT2D eigenvalue weighted by Crippen LogP contribution is -2.44. The molecule has 2 heterocycles. The fourth-order valence-corrected chi connectivity index (χ4v) is 3.02. The molecule has 0 bridgehead atoms. The Labute approximate surface area is 129 Å². The molecule has 3 rings (SSSR count). The van der Waals surface area contributed by atoms with Crippen molar-refractivity contribution in [1.82, 2.24) is 9.88 Å². The molecule has 1 aromatic carbocycles. The molecule has 0 aliphatic carbocycles. The van der Waals surface area contributed by atoms with Gasteiger partial charge in [-0.25, -0.2) is 4.98 Å². The highest BCUT2D eigenvalue weighted by Gasteiger charge is 2.26. The molecule has 1 unspecified atom stereocenters. The summed E-state index contributed by atoms with van der Waals surface area (Å²) in [6.45, 7) is 0.895. The van der Waals surface area contributed by atoms with Gasteiger partial charge in [0.2, 0.25) is 0 Å². The maximum Gasteiger partial charge on any atom is 0.254 e. The van der Waals surface area contributed by atoms with Crippen molar-refractivity contribution in [2.24, 2.45) is 0 Å². The molecule has 1 aliphatic heterocycles. The summed E-state index contributed by atoms with van der Waals surface area (Å²) >= 11 is 0. The minimum atomic E-state index is 0.0438. The van der Waals surface area contributed by atoms with Crippen molar-refractivity contribution >= 4 is 5.91 Å². The van der Waals surface area contributed by atoms with Crippen molar-refractivity contribution in [2.75, 3.05) is 13.2 Å². The van der Waals surface area contributed by atoms with Gasteiger partial charge in [-0.1, -0.05) is 12.1 Å². The van der Waals surface area contributed by atoms with Crippen LogP contribution >= 0.6 is 0 Å². The van der Waals surface area contributed by atoms with Crippen molar-refractivity contribution in [3.8, 4) is 11.3 Å². The van der Waals surface area contributed by atoms with Crippen LogP contribution in [0.2, 0.25) is 0 Å². The van der Waals surface area contributed by atoms with Crippen LogP contribution in [0, 0.1) is 0 Å². The van der Waals surface area contributed by atoms with Gasteiger partial charge in [0, 0.05) is 30.3 Å². The first-order valence-corrected chi connectivity index (χ1v) is 7.70. The van der Waals surface area contributed by atoms with Crippen LogP contribution < -0.4 is 0 Å². The monoisotopic (exact) mass is 300 g/mol. The molecule has 22 heavy (non-hydrogen) atoms. The van der Waals surface area contributed by atoms with Crippen LogP contribution in [0.1, 0.15) is 36.0 Å². The van der Waals surface area contributed by atoms with E-state index in [1.807, 2.05) is 29.2 Å². The van der Waals surface area contributed by atoms with E-state index in [2.05, 4.69) is 4.98 Å². The average Bonchev–Trinajstić information content (AvgIpc) is 3.10. The van der Waals surface area contributed by atoms with E-state index in [-0.39, 0.29) is 18.6 Å². The van der Waals surface area contributed by atoms with Crippen molar-refractivity contribution < 1.29 is 14.3 Å². The molecule has 1 atom stereocenters. The Bertz CT molecular complexity index is 605. The Morgan fingerprint density at radius 2 is 2.14 bits per heavy atom. The number of benzene rings is 1. The van der Waals surface area contributed by atoms with Gasteiger partial charge in [-0.2, -0.15) is 0 Å². The lowest BCUT2D eigenvalue weighted by atomic mass is 9.98. The second kappa shape index (κ2) is 6.75. The van der Waals surface area contributed by atoms with Gasteiger partial charge in [0.05, 0.1) is 6.20 Å². The van der Waals surface area contributed by atoms with Gasteiger partial charge >= 0.3 is 0 Å². The van der Waals surface area contributed by atoms with Crippen molar-refractivity contribution in [3.05, 3.63) is 42.4 Å². The Balaban J connectivity index is 1.76. The van der Waals surface area contributed by atoms with Crippen LogP contribution in [0.3, 0.4) is 0 Å². The second-order valence-electron chi connectivity index (χ2n) is 5.60. The van der Waals surface area contributed by atoms with Crippen LogP contribution in [0.25, 0.3) is 11.3 Å². The number of oxazole rings is 1. The summed E-state index contributed by atoms with van der Waals surface area (Å²) in [7, 11) is 0. The van der Waals surface area contributed by atoms with Gasteiger partial charge in [-0.05, 0) is 37.8 Å². The molecule has 1 fully saturated rings. The molecule has 5 nitrogen and oxygen atoms in total. The van der Waals surface area contributed by atoms with E-state index in [9.17, 15) is 9.90 Å². The lowest BCUT2D eigenvalue weighted by molar-refractivity contribution is 0.0574. The number of aliphatic hydroxyl groups excluding tert-OH is 1. The number of piperidine rings is 1. The van der Waals surface area contributed by atoms with E-state index in [1.165, 1.54) is 6.39 Å². The molecule has 1 amide bonds. The Morgan fingerprint density at radius 3 is 2.82 bits per heavy atom. The predicted octanol–water partition coefficient (Wildman–Crippen LogP) is 2.72. The lowest BCUT2D eigenvalue weighted by Gasteiger charge is -2.35. The third-order valence-corrected chi connectivity index (χ3v) is 4.20. The number of hydrogen-bond acceptors (Lipinski definition) is 4. The number of hydrogen-bond donors (Lipinski definition) is 1. The normalized spacial score (nSPS) is 18.4. The Kier molecular flexibility index (Phi) is 4.53. The van der Waals surface area contributed by atoms with Gasteiger partial charge in [-0.15, -0.1) is 0 Å². The topological polar surface area (TPSA) is 66.6 Å². The van der Waals surface area contributed by atoms with Crippen LogP contribution in [0.15, 0.2) is 41.3 Å². The third-order valence-electron chi connectivity index (χ3n) is 4.20. The van der Waals surface area contributed by atoms with Crippen LogP contribution in [0.4, 0.5) is 0 Å². The zero-order valence-electron chi connectivity index (χ0n) is 12.4. The molecular formula is C17H20N2O3. The minimum absolute atomic E-state index is 0.0438. The molecule has 1 saturated heterocycles. The fourth-order valence-electron chi connectivity index (χ4n) is 3.02. The number of likely N-dealkylation sites (tertiary alicyclic amines) is 1. The zero-order chi connectivity index (χ0) is 15.4. The minimum Gasteiger partial charge on any atom is -0.444 e. The average molecular weight is 300 g/mol. The summed E-state index contributed by atoms with van der Waals surface area (Å²) in [5, 5.41) is 9.18. The maximum atomic E-state index is 12.7. The molecular weight excluding hydrogens is 280 g/mol. The number of aromatic nitrogens is 1. The fraction of sp³-hybridized carbons (Fsp3) is 0.412. The number of aliphatic hydroxyl groups is 1. The molecule has 0 radical (unpaired) electrons. The molecule has 5 heteroatoms. The SMILES string of the molecule is O=C(c1ccc(-c2cnco2)cc1)N1CCCCC1CCO. The number of rotatable bonds is 4. The standard InChI is InChI=1S/C17H20N2O3/c20-10-8-15-3-1-2-9-19(15)17(21)14-6-4-13(5-7-14)16-11-18-12-22-16/h4-7,11-12,15,20H,1-3,8-10H2. The first kappa shape index (κ1) is 14.8. The van der Waals surface area contributed by atoms with E-state index in [0.29, 0.717) is 17.7 Å². The van der Waals surface area contributed by atoms with Crippen molar-refractivity contribution in [2.45, 2.75) is 31.7 Å². The molecule has 1 aliphatic rings. The number of carbonyl (C=O) groups is 1. The van der Waals surface area contributed by atoms with E-state index in [1.54, 1.807) is 6.20 Å². The summed E-state index contributed by atoms with van der Waals surface area (Å²) in [6.07, 6.45) is 6.83. The predicted molar refractivity (Wildman–Crippen MR) is 82.3 cm³/mol. The Hall–Kier alpha value is -2.14. The third kappa shape index (κ3) is 3.04. The first-order chi connectivity index (χ1) is 10.8. The molecule has 2 aromatic rings. The van der Waals surface area contributed by atoms with Gasteiger partial charge < -0.3 is 14.4 Å². The zero-order valence-corrected chi connectivity index (χ0v) is 12.4. The summed E-state index contributed by atoms with van der Waals surface area (Å²) in [5.74, 6) is 0.734. The van der Waals surface area contributed by atoms with Gasteiger partial charge in [0.15, 0.2) is 12.2 Å². The van der Waals surface area contributed by atoms with E-state index in [0.717, 1.165) is 31.4 Å². The number of carbonyl (C=O) groups excluding carboxylic acids is 1. The summed E-state index contributed by atoms with van der Waals surface area (Å²) < 4.78 is 5.25. The summed E-state index contributed by atoms with van der Waals surface area (Å²) in [4.78, 5) is 18.5. The molecule has 1 N–H and O–H groups in total. The summed E-state index contributed by atoms with van der Waals surface area (Å²) in [5.41, 5.74) is 1.58. The highest BCUT2D eigenvalue weighted by atomic mass is 16.3. The van der Waals surface area contributed by atoms with Crippen LogP contribution in [-0.2, 0) is 0 Å². The van der Waals surface area contributed by atoms with E-state index >= 15 is 0 Å². The van der Waals surface area contributed by atoms with Gasteiger partial charge in [0.25, 0.3) is 5.91 Å². The maximum absolute atomic E-state index is 12.7. The van der Waals surface area contributed by atoms with Crippen molar-refractivity contribution in [1.29, 1.82) is 0 Å². The second-order valence-corrected chi connectivity index (χ2v) is 5.60. The quantitative estimate of drug-likeness (QED) is 0.942. The molecule has 0 saturated carbocycles. The van der Waals surface area contributed by atoms with E-state index in [4.69, 9.17) is 4.42 Å². The number of nitrogens with zero attached hydrogens (tertiary/aromatic N) is 2. The summed E-state index contributed by atoms with van der Waals surface area (Å²) in [6, 6.07) is 7.55. The highest BCUT2D eigenvalue weighted by molar-refractivity contribution is 5.95. The van der Waals surface area contributed by atoms with Gasteiger partial charge in [-0.3, -0.25) is 4.79 Å². The smallest absolute Gasteiger partial charge is 0.254 e. The van der Waals surface area contributed by atoms with Crippen molar-refractivity contribution in [3.63, 3.8) is 0 Å². The van der Waals surface area contributed by atoms with Crippen LogP contribution in [-0.4, -0.2) is 40.1 Å². The molecule has 1 aromatic heterocycles. The van der Waals surface area contributed by atoms with Crippen LogP contribution in [0.5, 0.6) is 0 Å². The molecule has 116 valence electrons. The first-order valence-electron chi connectivity index (χ1n) is 7.70. The van der Waals surface area contributed by atoms with E-state index < -0.39 is 0 Å². The highest BCUT2D eigenvalue weighted by Crippen LogP contribution is 2.24. The largest absolute Gasteiger partial charge is 0.444 e. The molecule has 0 spiro atoms.